The summed E-state index contributed by atoms with van der Waals surface area (Å²) in [6, 6.07) is 9.28. The van der Waals surface area contributed by atoms with Gasteiger partial charge in [-0.05, 0) is 67.5 Å². The fourth-order valence-electron chi connectivity index (χ4n) is 4.97. The lowest BCUT2D eigenvalue weighted by Crippen LogP contribution is -2.38. The minimum absolute atomic E-state index is 0.134. The third-order valence-electron chi connectivity index (χ3n) is 6.90. The summed E-state index contributed by atoms with van der Waals surface area (Å²) in [6.07, 6.45) is 2.72. The third kappa shape index (κ3) is 4.36. The van der Waals surface area contributed by atoms with Gasteiger partial charge >= 0.3 is 5.97 Å². The number of carboxylic acid groups (broad SMARTS) is 1. The Labute approximate surface area is 205 Å². The second-order valence-corrected chi connectivity index (χ2v) is 9.84. The van der Waals surface area contributed by atoms with Crippen LogP contribution in [0.3, 0.4) is 0 Å². The Morgan fingerprint density at radius 1 is 1.06 bits per heavy atom. The van der Waals surface area contributed by atoms with Crippen LogP contribution in [-0.4, -0.2) is 41.1 Å². The van der Waals surface area contributed by atoms with Gasteiger partial charge in [0.05, 0.1) is 17.2 Å². The summed E-state index contributed by atoms with van der Waals surface area (Å²) in [4.78, 5) is 39.5. The molecule has 2 aromatic rings. The predicted molar refractivity (Wildman–Crippen MR) is 127 cm³/mol. The van der Waals surface area contributed by atoms with E-state index in [4.69, 9.17) is 9.47 Å². The molecule has 1 saturated carbocycles. The summed E-state index contributed by atoms with van der Waals surface area (Å²) >= 11 is 3.56. The highest BCUT2D eigenvalue weighted by molar-refractivity contribution is 9.10. The van der Waals surface area contributed by atoms with E-state index in [-0.39, 0.29) is 30.4 Å². The number of rotatable bonds is 5. The van der Waals surface area contributed by atoms with Crippen LogP contribution in [0, 0.1) is 11.8 Å². The molecule has 1 fully saturated rings. The molecule has 0 bridgehead atoms. The van der Waals surface area contributed by atoms with E-state index in [9.17, 15) is 19.5 Å². The number of nitrogens with one attached hydrogen (secondary N) is 1. The van der Waals surface area contributed by atoms with E-state index in [1.807, 2.05) is 24.3 Å². The number of amides is 2. The normalized spacial score (nSPS) is 21.2. The van der Waals surface area contributed by atoms with E-state index in [0.29, 0.717) is 67.9 Å². The largest absolute Gasteiger partial charge is 0.481 e. The fourth-order valence-corrected chi connectivity index (χ4v) is 5.50. The van der Waals surface area contributed by atoms with Gasteiger partial charge in [0.15, 0.2) is 11.5 Å². The van der Waals surface area contributed by atoms with E-state index in [1.54, 1.807) is 11.0 Å². The minimum atomic E-state index is -0.797. The number of carbonyl (C=O) groups excluding carboxylic acids is 2. The summed E-state index contributed by atoms with van der Waals surface area (Å²) < 4.78 is 11.7. The van der Waals surface area contributed by atoms with E-state index in [1.165, 1.54) is 0 Å². The van der Waals surface area contributed by atoms with Gasteiger partial charge in [0.25, 0.3) is 5.91 Å². The number of anilines is 1. The van der Waals surface area contributed by atoms with Crippen LogP contribution in [0.2, 0.25) is 0 Å². The van der Waals surface area contributed by atoms with Gasteiger partial charge in [-0.25, -0.2) is 0 Å². The topological polar surface area (TPSA) is 105 Å². The van der Waals surface area contributed by atoms with Crippen molar-refractivity contribution in [2.75, 3.05) is 18.7 Å². The molecular formula is C25H25BrN2O6. The van der Waals surface area contributed by atoms with E-state index >= 15 is 0 Å². The van der Waals surface area contributed by atoms with Gasteiger partial charge in [-0.2, -0.15) is 0 Å². The lowest BCUT2D eigenvalue weighted by Gasteiger charge is -2.31. The predicted octanol–water partition coefficient (Wildman–Crippen LogP) is 4.21. The summed E-state index contributed by atoms with van der Waals surface area (Å²) in [6.45, 7) is 1.19. The number of carboxylic acids is 1. The zero-order chi connectivity index (χ0) is 23.8. The number of aliphatic carboxylic acids is 1. The summed E-state index contributed by atoms with van der Waals surface area (Å²) in [5.74, 6) is -0.344. The Balaban J connectivity index is 1.33. The summed E-state index contributed by atoms with van der Waals surface area (Å²) in [5, 5.41) is 12.2. The smallest absolute Gasteiger partial charge is 0.306 e. The van der Waals surface area contributed by atoms with Crippen LogP contribution in [0.25, 0.3) is 0 Å². The highest BCUT2D eigenvalue weighted by atomic mass is 79.9. The first-order valence-corrected chi connectivity index (χ1v) is 12.2. The maximum atomic E-state index is 13.5. The molecule has 9 heteroatoms. The Morgan fingerprint density at radius 3 is 2.56 bits per heavy atom. The Hall–Kier alpha value is -3.07. The Bertz CT molecular complexity index is 1160. The van der Waals surface area contributed by atoms with Gasteiger partial charge in [-0.1, -0.05) is 22.0 Å². The third-order valence-corrected chi connectivity index (χ3v) is 7.65. The molecule has 0 spiro atoms. The molecule has 2 aromatic carbocycles. The number of fused-ring (bicyclic) bond motifs is 2. The Morgan fingerprint density at radius 2 is 1.79 bits per heavy atom. The molecule has 178 valence electrons. The van der Waals surface area contributed by atoms with Crippen molar-refractivity contribution in [2.24, 2.45) is 11.8 Å². The number of carbonyl (C=O) groups is 3. The van der Waals surface area contributed by atoms with Crippen molar-refractivity contribution in [1.29, 1.82) is 0 Å². The molecule has 8 nitrogen and oxygen atoms in total. The molecule has 34 heavy (non-hydrogen) atoms. The van der Waals surface area contributed by atoms with Gasteiger partial charge in [0, 0.05) is 23.5 Å². The van der Waals surface area contributed by atoms with Crippen LogP contribution in [-0.2, 0) is 22.6 Å². The van der Waals surface area contributed by atoms with Crippen LogP contribution >= 0.6 is 15.9 Å². The van der Waals surface area contributed by atoms with Gasteiger partial charge in [-0.3, -0.25) is 14.4 Å². The van der Waals surface area contributed by atoms with Crippen molar-refractivity contribution in [2.45, 2.75) is 38.6 Å². The van der Waals surface area contributed by atoms with Gasteiger partial charge in [0.2, 0.25) is 12.7 Å². The molecule has 0 radical (unpaired) electrons. The number of ether oxygens (including phenoxy) is 2. The molecular weight excluding hydrogens is 504 g/mol. The number of benzene rings is 2. The van der Waals surface area contributed by atoms with Crippen molar-refractivity contribution in [3.8, 4) is 11.5 Å². The molecule has 0 atom stereocenters. The van der Waals surface area contributed by atoms with Gasteiger partial charge in [-0.15, -0.1) is 0 Å². The molecule has 2 N–H and O–H groups in total. The molecule has 5 rings (SSSR count). The van der Waals surface area contributed by atoms with Crippen LogP contribution in [0.4, 0.5) is 5.69 Å². The lowest BCUT2D eigenvalue weighted by molar-refractivity contribution is -0.143. The summed E-state index contributed by atoms with van der Waals surface area (Å²) in [7, 11) is 0. The molecule has 0 unspecified atom stereocenters. The summed E-state index contributed by atoms with van der Waals surface area (Å²) in [5.41, 5.74) is 2.84. The van der Waals surface area contributed by atoms with Crippen molar-refractivity contribution < 1.29 is 29.0 Å². The van der Waals surface area contributed by atoms with Gasteiger partial charge < -0.3 is 24.8 Å². The lowest BCUT2D eigenvalue weighted by atomic mass is 9.81. The number of hydrogen-bond acceptors (Lipinski definition) is 5. The zero-order valence-corrected chi connectivity index (χ0v) is 20.1. The van der Waals surface area contributed by atoms with Crippen molar-refractivity contribution in [3.63, 3.8) is 0 Å². The molecule has 0 aromatic heterocycles. The molecule has 3 aliphatic rings. The first-order valence-electron chi connectivity index (χ1n) is 11.4. The molecule has 1 aliphatic carbocycles. The fraction of sp³-hybridized carbons (Fsp3) is 0.400. The van der Waals surface area contributed by atoms with Gasteiger partial charge in [0.1, 0.15) is 0 Å². The Kier molecular flexibility index (Phi) is 6.20. The average Bonchev–Trinajstić information content (AvgIpc) is 3.30. The standard InChI is InChI=1S/C25H25BrN2O6/c26-18-6-7-19(27-23(29)15-2-4-16(5-3-15)25(31)32)22-17(18)9-10-28(24(22)30)12-14-1-8-20-21(11-14)34-13-33-20/h1,6-8,11,15-16H,2-5,9-10,12-13H2,(H,27,29)(H,31,32). The molecule has 2 amide bonds. The second kappa shape index (κ2) is 9.29. The van der Waals surface area contributed by atoms with Crippen LogP contribution in [0.5, 0.6) is 11.5 Å². The zero-order valence-electron chi connectivity index (χ0n) is 18.5. The van der Waals surface area contributed by atoms with E-state index in [2.05, 4.69) is 21.2 Å². The average molecular weight is 529 g/mol. The number of nitrogens with zero attached hydrogens (tertiary/aromatic N) is 1. The van der Waals surface area contributed by atoms with Crippen molar-refractivity contribution >= 4 is 39.4 Å². The van der Waals surface area contributed by atoms with Crippen molar-refractivity contribution in [1.82, 2.24) is 4.90 Å². The first-order chi connectivity index (χ1) is 16.4. The van der Waals surface area contributed by atoms with E-state index in [0.717, 1.165) is 15.6 Å². The number of halogens is 1. The van der Waals surface area contributed by atoms with Crippen LogP contribution < -0.4 is 14.8 Å². The molecule has 2 heterocycles. The first kappa shape index (κ1) is 22.7. The minimum Gasteiger partial charge on any atom is -0.481 e. The second-order valence-electron chi connectivity index (χ2n) is 8.99. The molecule has 2 aliphatic heterocycles. The number of hydrogen-bond donors (Lipinski definition) is 2. The highest BCUT2D eigenvalue weighted by Gasteiger charge is 2.33. The molecule has 0 saturated heterocycles. The highest BCUT2D eigenvalue weighted by Crippen LogP contribution is 2.36. The van der Waals surface area contributed by atoms with Crippen LogP contribution in [0.15, 0.2) is 34.8 Å². The van der Waals surface area contributed by atoms with Crippen molar-refractivity contribution in [3.05, 3.63) is 51.5 Å². The monoisotopic (exact) mass is 528 g/mol. The maximum Gasteiger partial charge on any atom is 0.306 e. The quantitative estimate of drug-likeness (QED) is 0.602. The van der Waals surface area contributed by atoms with Crippen LogP contribution in [0.1, 0.15) is 47.2 Å². The SMILES string of the molecule is O=C(O)C1CCC(C(=O)Nc2ccc(Br)c3c2C(=O)N(Cc2ccc4c(c2)OCO4)CC3)CC1. The van der Waals surface area contributed by atoms with E-state index < -0.39 is 5.97 Å². The maximum absolute atomic E-state index is 13.5.